The lowest BCUT2D eigenvalue weighted by Crippen LogP contribution is -2.24. The van der Waals surface area contributed by atoms with Gasteiger partial charge in [0.1, 0.15) is 6.54 Å². The molecule has 0 aliphatic carbocycles. The topological polar surface area (TPSA) is 65.8 Å². The zero-order valence-corrected chi connectivity index (χ0v) is 15.8. The van der Waals surface area contributed by atoms with Gasteiger partial charge in [0, 0.05) is 11.0 Å². The average molecular weight is 413 g/mol. The lowest BCUT2D eigenvalue weighted by molar-refractivity contribution is 0.484. The Hall–Kier alpha value is -2.67. The predicted molar refractivity (Wildman–Crippen MR) is 103 cm³/mol. The number of halogens is 1. The summed E-state index contributed by atoms with van der Waals surface area (Å²) < 4.78 is 10.2. The van der Waals surface area contributed by atoms with E-state index in [1.54, 1.807) is 9.13 Å². The third-order valence-electron chi connectivity index (χ3n) is 4.24. The van der Waals surface area contributed by atoms with Gasteiger partial charge in [-0.2, -0.15) is 0 Å². The van der Waals surface area contributed by atoms with Crippen molar-refractivity contribution in [1.29, 1.82) is 0 Å². The molecule has 0 saturated carbocycles. The van der Waals surface area contributed by atoms with Crippen LogP contribution in [0.5, 0.6) is 0 Å². The molecule has 0 spiro atoms. The molecule has 2 aromatic heterocycles. The number of fused-ring (bicyclic) bond motifs is 1. The summed E-state index contributed by atoms with van der Waals surface area (Å²) >= 11 is 3.49. The fraction of sp³-hybridized carbons (Fsp3) is 0.211. The minimum absolute atomic E-state index is 0.0614. The highest BCUT2D eigenvalue weighted by atomic mass is 79.9. The molecule has 2 aromatic carbocycles. The quantitative estimate of drug-likeness (QED) is 0.495. The molecule has 0 amide bonds. The second-order valence-corrected chi connectivity index (χ2v) is 6.84. The smallest absolute Gasteiger partial charge is 0.329 e. The molecule has 0 unspecified atom stereocenters. The predicted octanol–water partition coefficient (Wildman–Crippen LogP) is 4.07. The van der Waals surface area contributed by atoms with E-state index in [2.05, 4.69) is 33.1 Å². The molecule has 0 aliphatic rings. The molecule has 0 saturated heterocycles. The van der Waals surface area contributed by atoms with Gasteiger partial charge in [-0.3, -0.25) is 9.13 Å². The summed E-state index contributed by atoms with van der Waals surface area (Å²) in [5.41, 5.74) is 2.55. The average Bonchev–Trinajstić information content (AvgIpc) is 3.22. The SMILES string of the molecule is CCCn1c(=O)n(Cc2nnc(-c3ccccc3Br)o2)c2ccccc21. The van der Waals surface area contributed by atoms with Crippen molar-refractivity contribution in [3.63, 3.8) is 0 Å². The summed E-state index contributed by atoms with van der Waals surface area (Å²) in [4.78, 5) is 12.8. The summed E-state index contributed by atoms with van der Waals surface area (Å²) in [5, 5.41) is 8.25. The van der Waals surface area contributed by atoms with Crippen LogP contribution in [0.15, 0.2) is 62.2 Å². The van der Waals surface area contributed by atoms with Gasteiger partial charge in [-0.05, 0) is 46.6 Å². The third-order valence-corrected chi connectivity index (χ3v) is 4.93. The molecule has 4 aromatic rings. The van der Waals surface area contributed by atoms with Crippen LogP contribution in [-0.4, -0.2) is 19.3 Å². The van der Waals surface area contributed by atoms with E-state index < -0.39 is 0 Å². The number of nitrogens with zero attached hydrogens (tertiary/aromatic N) is 4. The molecule has 7 heteroatoms. The lowest BCUT2D eigenvalue weighted by atomic mass is 10.2. The molecule has 0 fully saturated rings. The summed E-state index contributed by atoms with van der Waals surface area (Å²) in [5.74, 6) is 0.829. The van der Waals surface area contributed by atoms with Crippen molar-refractivity contribution in [3.05, 3.63) is 69.4 Å². The molecule has 2 heterocycles. The minimum Gasteiger partial charge on any atom is -0.419 e. The van der Waals surface area contributed by atoms with Crippen LogP contribution in [-0.2, 0) is 13.1 Å². The lowest BCUT2D eigenvalue weighted by Gasteiger charge is -1.99. The van der Waals surface area contributed by atoms with Gasteiger partial charge in [0.25, 0.3) is 0 Å². The molecular formula is C19H17BrN4O2. The van der Waals surface area contributed by atoms with Gasteiger partial charge >= 0.3 is 5.69 Å². The number of rotatable bonds is 5. The molecule has 26 heavy (non-hydrogen) atoms. The van der Waals surface area contributed by atoms with E-state index in [1.807, 2.05) is 48.5 Å². The van der Waals surface area contributed by atoms with Gasteiger partial charge in [-0.25, -0.2) is 4.79 Å². The maximum atomic E-state index is 12.8. The highest BCUT2D eigenvalue weighted by molar-refractivity contribution is 9.10. The van der Waals surface area contributed by atoms with Crippen molar-refractivity contribution < 1.29 is 4.42 Å². The summed E-state index contributed by atoms with van der Waals surface area (Å²) in [6.45, 7) is 2.98. The van der Waals surface area contributed by atoms with Crippen molar-refractivity contribution >= 4 is 27.0 Å². The van der Waals surface area contributed by atoms with E-state index in [1.165, 1.54) is 0 Å². The molecule has 4 rings (SSSR count). The number of aryl methyl sites for hydroxylation is 1. The van der Waals surface area contributed by atoms with Crippen LogP contribution in [0.25, 0.3) is 22.5 Å². The Bertz CT molecular complexity index is 1130. The first kappa shape index (κ1) is 16.8. The molecular weight excluding hydrogens is 396 g/mol. The van der Waals surface area contributed by atoms with Crippen LogP contribution in [0.3, 0.4) is 0 Å². The standard InChI is InChI=1S/C19H17BrN4O2/c1-2-11-23-15-9-5-6-10-16(15)24(19(23)25)12-17-21-22-18(26-17)13-7-3-4-8-14(13)20/h3-10H,2,11-12H2,1H3. The first-order valence-electron chi connectivity index (χ1n) is 8.44. The molecule has 0 radical (unpaired) electrons. The van der Waals surface area contributed by atoms with Gasteiger partial charge in [0.2, 0.25) is 11.8 Å². The maximum absolute atomic E-state index is 12.8. The number of hydrogen-bond acceptors (Lipinski definition) is 4. The second-order valence-electron chi connectivity index (χ2n) is 5.99. The van der Waals surface area contributed by atoms with Gasteiger partial charge in [0.05, 0.1) is 16.6 Å². The summed E-state index contributed by atoms with van der Waals surface area (Å²) in [6, 6.07) is 15.4. The number of imidazole rings is 1. The van der Waals surface area contributed by atoms with Crippen molar-refractivity contribution in [2.24, 2.45) is 0 Å². The summed E-state index contributed by atoms with van der Waals surface area (Å²) in [6.07, 6.45) is 0.890. The zero-order valence-electron chi connectivity index (χ0n) is 14.2. The van der Waals surface area contributed by atoms with Crippen LogP contribution in [0.4, 0.5) is 0 Å². The van der Waals surface area contributed by atoms with E-state index in [4.69, 9.17) is 4.42 Å². The first-order valence-corrected chi connectivity index (χ1v) is 9.23. The first-order chi connectivity index (χ1) is 12.7. The Kier molecular flexibility index (Phi) is 4.46. The number of hydrogen-bond donors (Lipinski definition) is 0. The normalized spacial score (nSPS) is 11.3. The van der Waals surface area contributed by atoms with Crippen LogP contribution in [0.2, 0.25) is 0 Å². The van der Waals surface area contributed by atoms with E-state index >= 15 is 0 Å². The number of aromatic nitrogens is 4. The third kappa shape index (κ3) is 2.88. The fourth-order valence-electron chi connectivity index (χ4n) is 3.06. The molecule has 0 aliphatic heterocycles. The Morgan fingerprint density at radius 1 is 1.00 bits per heavy atom. The largest absolute Gasteiger partial charge is 0.419 e. The minimum atomic E-state index is -0.0614. The van der Waals surface area contributed by atoms with Gasteiger partial charge < -0.3 is 4.42 Å². The Morgan fingerprint density at radius 2 is 1.69 bits per heavy atom. The van der Waals surface area contributed by atoms with Crippen LogP contribution in [0, 0.1) is 0 Å². The molecule has 0 bridgehead atoms. The van der Waals surface area contributed by atoms with Crippen molar-refractivity contribution in [2.45, 2.75) is 26.4 Å². The zero-order chi connectivity index (χ0) is 18.1. The van der Waals surface area contributed by atoms with Gasteiger partial charge in [-0.1, -0.05) is 31.2 Å². The van der Waals surface area contributed by atoms with E-state index in [0.717, 1.165) is 27.5 Å². The summed E-state index contributed by atoms with van der Waals surface area (Å²) in [7, 11) is 0. The van der Waals surface area contributed by atoms with Crippen molar-refractivity contribution in [2.75, 3.05) is 0 Å². The van der Waals surface area contributed by atoms with Crippen molar-refractivity contribution in [3.8, 4) is 11.5 Å². The van der Waals surface area contributed by atoms with Crippen LogP contribution in [0.1, 0.15) is 19.2 Å². The van der Waals surface area contributed by atoms with Crippen LogP contribution < -0.4 is 5.69 Å². The van der Waals surface area contributed by atoms with Gasteiger partial charge in [-0.15, -0.1) is 10.2 Å². The maximum Gasteiger partial charge on any atom is 0.329 e. The Labute approximate surface area is 158 Å². The highest BCUT2D eigenvalue weighted by Crippen LogP contribution is 2.27. The Morgan fingerprint density at radius 3 is 2.42 bits per heavy atom. The number of benzene rings is 2. The van der Waals surface area contributed by atoms with E-state index in [-0.39, 0.29) is 12.2 Å². The highest BCUT2D eigenvalue weighted by Gasteiger charge is 2.16. The number of para-hydroxylation sites is 2. The fourth-order valence-corrected chi connectivity index (χ4v) is 3.52. The molecule has 0 atom stereocenters. The monoisotopic (exact) mass is 412 g/mol. The van der Waals surface area contributed by atoms with Gasteiger partial charge in [0.15, 0.2) is 0 Å². The molecule has 0 N–H and O–H groups in total. The molecule has 132 valence electrons. The van der Waals surface area contributed by atoms with E-state index in [0.29, 0.717) is 18.3 Å². The Balaban J connectivity index is 1.74. The second kappa shape index (κ2) is 6.92. The van der Waals surface area contributed by atoms with Crippen molar-refractivity contribution in [1.82, 2.24) is 19.3 Å². The molecule has 6 nitrogen and oxygen atoms in total. The van der Waals surface area contributed by atoms with Crippen LogP contribution >= 0.6 is 15.9 Å². The van der Waals surface area contributed by atoms with E-state index in [9.17, 15) is 4.79 Å².